The zero-order chi connectivity index (χ0) is 7.94. The molecule has 0 spiro atoms. The molecule has 0 bridgehead atoms. The minimum atomic E-state index is 0. The number of halogens is 1. The third-order valence-electron chi connectivity index (χ3n) is 2.00. The van der Waals surface area contributed by atoms with Crippen LogP contribution in [0.4, 0.5) is 0 Å². The normalized spacial score (nSPS) is 18.8. The van der Waals surface area contributed by atoms with E-state index in [1.807, 2.05) is 7.05 Å². The second-order valence-electron chi connectivity index (χ2n) is 2.91. The van der Waals surface area contributed by atoms with Gasteiger partial charge in [-0.15, -0.1) is 12.4 Å². The van der Waals surface area contributed by atoms with E-state index in [2.05, 4.69) is 10.2 Å². The van der Waals surface area contributed by atoms with Gasteiger partial charge in [-0.05, 0) is 26.6 Å². The minimum Gasteiger partial charge on any atom is -0.379 e. The standard InChI is InChI=1S/C8H18N2O.ClH/c1-9-3-2-4-10-5-7-11-8-6-10;/h9H,2-8H2,1H3;1H. The van der Waals surface area contributed by atoms with Crippen LogP contribution in [0, 0.1) is 0 Å². The summed E-state index contributed by atoms with van der Waals surface area (Å²) in [5.74, 6) is 0. The van der Waals surface area contributed by atoms with Crippen molar-refractivity contribution in [3.63, 3.8) is 0 Å². The van der Waals surface area contributed by atoms with Gasteiger partial charge >= 0.3 is 0 Å². The predicted octanol–water partition coefficient (Wildman–Crippen LogP) is 0.350. The molecule has 74 valence electrons. The lowest BCUT2D eigenvalue weighted by molar-refractivity contribution is 0.0375. The molecule has 0 amide bonds. The highest BCUT2D eigenvalue weighted by atomic mass is 35.5. The summed E-state index contributed by atoms with van der Waals surface area (Å²) in [7, 11) is 2.00. The number of morpholine rings is 1. The Balaban J connectivity index is 0.00000121. The van der Waals surface area contributed by atoms with Gasteiger partial charge < -0.3 is 10.1 Å². The summed E-state index contributed by atoms with van der Waals surface area (Å²) < 4.78 is 5.25. The van der Waals surface area contributed by atoms with Crippen molar-refractivity contribution in [2.75, 3.05) is 46.4 Å². The third-order valence-corrected chi connectivity index (χ3v) is 2.00. The number of ether oxygens (including phenoxy) is 1. The van der Waals surface area contributed by atoms with E-state index in [4.69, 9.17) is 4.74 Å². The number of nitrogens with zero attached hydrogens (tertiary/aromatic N) is 1. The van der Waals surface area contributed by atoms with Crippen molar-refractivity contribution in [3.05, 3.63) is 0 Å². The van der Waals surface area contributed by atoms with Crippen molar-refractivity contribution < 1.29 is 4.74 Å². The topological polar surface area (TPSA) is 24.5 Å². The average molecular weight is 195 g/mol. The summed E-state index contributed by atoms with van der Waals surface area (Å²) in [6.07, 6.45) is 1.25. The first-order valence-corrected chi connectivity index (χ1v) is 4.38. The second kappa shape index (κ2) is 7.80. The lowest BCUT2D eigenvalue weighted by Crippen LogP contribution is -2.37. The van der Waals surface area contributed by atoms with Crippen LogP contribution in [0.25, 0.3) is 0 Å². The maximum atomic E-state index is 5.25. The van der Waals surface area contributed by atoms with Gasteiger partial charge in [-0.3, -0.25) is 4.90 Å². The Kier molecular flexibility index (Phi) is 7.91. The number of hydrogen-bond acceptors (Lipinski definition) is 3. The second-order valence-corrected chi connectivity index (χ2v) is 2.91. The molecule has 12 heavy (non-hydrogen) atoms. The van der Waals surface area contributed by atoms with Crippen LogP contribution < -0.4 is 5.32 Å². The molecule has 1 N–H and O–H groups in total. The Morgan fingerprint density at radius 3 is 2.58 bits per heavy atom. The molecule has 3 nitrogen and oxygen atoms in total. The first kappa shape index (κ1) is 12.2. The van der Waals surface area contributed by atoms with Crippen LogP contribution in [-0.4, -0.2) is 51.3 Å². The molecule has 1 aliphatic heterocycles. The zero-order valence-corrected chi connectivity index (χ0v) is 8.53. The van der Waals surface area contributed by atoms with E-state index >= 15 is 0 Å². The fourth-order valence-corrected chi connectivity index (χ4v) is 1.30. The van der Waals surface area contributed by atoms with Crippen LogP contribution in [0.15, 0.2) is 0 Å². The molecule has 1 aliphatic rings. The van der Waals surface area contributed by atoms with Crippen molar-refractivity contribution in [1.29, 1.82) is 0 Å². The van der Waals surface area contributed by atoms with Crippen LogP contribution >= 0.6 is 12.4 Å². The van der Waals surface area contributed by atoms with Crippen molar-refractivity contribution >= 4 is 12.4 Å². The van der Waals surface area contributed by atoms with Crippen molar-refractivity contribution in [1.82, 2.24) is 10.2 Å². The van der Waals surface area contributed by atoms with Gasteiger partial charge in [0.25, 0.3) is 0 Å². The van der Waals surface area contributed by atoms with Crippen LogP contribution in [0.5, 0.6) is 0 Å². The number of rotatable bonds is 4. The largest absolute Gasteiger partial charge is 0.379 e. The van der Waals surface area contributed by atoms with Crippen LogP contribution in [0.1, 0.15) is 6.42 Å². The van der Waals surface area contributed by atoms with Gasteiger partial charge in [-0.2, -0.15) is 0 Å². The molecule has 1 heterocycles. The Morgan fingerprint density at radius 2 is 2.00 bits per heavy atom. The van der Waals surface area contributed by atoms with E-state index in [1.54, 1.807) is 0 Å². The lowest BCUT2D eigenvalue weighted by atomic mass is 10.3. The molecule has 0 saturated carbocycles. The highest BCUT2D eigenvalue weighted by molar-refractivity contribution is 5.85. The molecule has 0 unspecified atom stereocenters. The summed E-state index contributed by atoms with van der Waals surface area (Å²) >= 11 is 0. The molecule has 0 aromatic heterocycles. The molecule has 0 aliphatic carbocycles. The summed E-state index contributed by atoms with van der Waals surface area (Å²) in [5.41, 5.74) is 0. The molecule has 0 aromatic rings. The van der Waals surface area contributed by atoms with E-state index in [0.717, 1.165) is 32.8 Å². The first-order valence-electron chi connectivity index (χ1n) is 4.38. The zero-order valence-electron chi connectivity index (χ0n) is 7.71. The molecular formula is C8H19ClN2O. The number of nitrogens with one attached hydrogen (secondary N) is 1. The van der Waals surface area contributed by atoms with E-state index in [9.17, 15) is 0 Å². The van der Waals surface area contributed by atoms with Crippen LogP contribution in [-0.2, 0) is 4.74 Å². The maximum absolute atomic E-state index is 5.25. The molecule has 0 aromatic carbocycles. The molecule has 1 rings (SSSR count). The van der Waals surface area contributed by atoms with Crippen LogP contribution in [0.2, 0.25) is 0 Å². The maximum Gasteiger partial charge on any atom is 0.0594 e. The quantitative estimate of drug-likeness (QED) is 0.654. The van der Waals surface area contributed by atoms with Gasteiger partial charge in [-0.1, -0.05) is 0 Å². The van der Waals surface area contributed by atoms with Gasteiger partial charge in [0, 0.05) is 13.1 Å². The van der Waals surface area contributed by atoms with Crippen molar-refractivity contribution in [3.8, 4) is 0 Å². The van der Waals surface area contributed by atoms with Gasteiger partial charge in [-0.25, -0.2) is 0 Å². The highest BCUT2D eigenvalue weighted by Crippen LogP contribution is 1.96. The monoisotopic (exact) mass is 194 g/mol. The van der Waals surface area contributed by atoms with Gasteiger partial charge in [0.1, 0.15) is 0 Å². The third kappa shape index (κ3) is 4.93. The fraction of sp³-hybridized carbons (Fsp3) is 1.00. The Hall–Kier alpha value is 0.170. The average Bonchev–Trinajstić information content (AvgIpc) is 2.07. The molecule has 0 atom stereocenters. The minimum absolute atomic E-state index is 0. The summed E-state index contributed by atoms with van der Waals surface area (Å²) in [6.45, 7) is 6.40. The van der Waals surface area contributed by atoms with Gasteiger partial charge in [0.05, 0.1) is 13.2 Å². The lowest BCUT2D eigenvalue weighted by Gasteiger charge is -2.26. The SMILES string of the molecule is CNCCCN1CCOCC1.Cl. The molecule has 0 radical (unpaired) electrons. The van der Waals surface area contributed by atoms with Gasteiger partial charge in [0.15, 0.2) is 0 Å². The molecule has 4 heteroatoms. The Bertz CT molecular complexity index is 97.1. The Labute approximate surface area is 80.9 Å². The van der Waals surface area contributed by atoms with E-state index < -0.39 is 0 Å². The fourth-order valence-electron chi connectivity index (χ4n) is 1.30. The Morgan fingerprint density at radius 1 is 1.33 bits per heavy atom. The van der Waals surface area contributed by atoms with Gasteiger partial charge in [0.2, 0.25) is 0 Å². The number of hydrogen-bond donors (Lipinski definition) is 1. The summed E-state index contributed by atoms with van der Waals surface area (Å²) in [5, 5.41) is 3.15. The first-order chi connectivity index (χ1) is 5.43. The molecular weight excluding hydrogens is 176 g/mol. The smallest absolute Gasteiger partial charge is 0.0594 e. The predicted molar refractivity (Wildman–Crippen MR) is 53.1 cm³/mol. The summed E-state index contributed by atoms with van der Waals surface area (Å²) in [4.78, 5) is 2.46. The van der Waals surface area contributed by atoms with Crippen LogP contribution in [0.3, 0.4) is 0 Å². The van der Waals surface area contributed by atoms with Crippen molar-refractivity contribution in [2.45, 2.75) is 6.42 Å². The van der Waals surface area contributed by atoms with E-state index in [0.29, 0.717) is 0 Å². The molecule has 1 fully saturated rings. The molecule has 1 saturated heterocycles. The summed E-state index contributed by atoms with van der Waals surface area (Å²) in [6, 6.07) is 0. The van der Waals surface area contributed by atoms with E-state index in [-0.39, 0.29) is 12.4 Å². The highest BCUT2D eigenvalue weighted by Gasteiger charge is 2.08. The van der Waals surface area contributed by atoms with Crippen molar-refractivity contribution in [2.24, 2.45) is 0 Å². The van der Waals surface area contributed by atoms with E-state index in [1.165, 1.54) is 13.0 Å².